The van der Waals surface area contributed by atoms with Crippen molar-refractivity contribution in [1.82, 2.24) is 9.55 Å². The first-order valence-electron chi connectivity index (χ1n) is 13.7. The molecule has 240 valence electrons. The number of ether oxygens (including phenoxy) is 2. The van der Waals surface area contributed by atoms with Gasteiger partial charge in [0.05, 0.1) is 22.0 Å². The first kappa shape index (κ1) is 36.3. The summed E-state index contributed by atoms with van der Waals surface area (Å²) in [6.07, 6.45) is 0.539. The third kappa shape index (κ3) is 8.38. The van der Waals surface area contributed by atoms with Crippen LogP contribution in [0.2, 0.25) is 0 Å². The maximum absolute atomic E-state index is 14.6. The zero-order valence-electron chi connectivity index (χ0n) is 26.1. The summed E-state index contributed by atoms with van der Waals surface area (Å²) in [6.45, 7) is 15.0. The number of nitrogens with zero attached hydrogens (tertiary/aromatic N) is 2. The molecule has 0 fully saturated rings. The van der Waals surface area contributed by atoms with Crippen molar-refractivity contribution < 1.29 is 41.5 Å². The van der Waals surface area contributed by atoms with Gasteiger partial charge in [-0.3, -0.25) is 23.2 Å². The van der Waals surface area contributed by atoms with E-state index in [9.17, 15) is 18.5 Å². The van der Waals surface area contributed by atoms with Crippen molar-refractivity contribution in [3.63, 3.8) is 0 Å². The van der Waals surface area contributed by atoms with Gasteiger partial charge < -0.3 is 24.2 Å². The van der Waals surface area contributed by atoms with Gasteiger partial charge in [-0.05, 0) is 77.6 Å². The monoisotopic (exact) mass is 645 g/mol. The van der Waals surface area contributed by atoms with E-state index < -0.39 is 49.8 Å². The highest BCUT2D eigenvalue weighted by molar-refractivity contribution is 7.61. The number of imidazole rings is 1. The molecule has 0 aliphatic carbocycles. The fraction of sp³-hybridized carbons (Fsp3) is 0.552. The predicted molar refractivity (Wildman–Crippen MR) is 164 cm³/mol. The number of benzene rings is 1. The maximum Gasteiger partial charge on any atom is 0.402 e. The molecule has 0 bridgehead atoms. The number of esters is 2. The zero-order chi connectivity index (χ0) is 31.6. The molecule has 0 saturated carbocycles. The second kappa shape index (κ2) is 13.8. The van der Waals surface area contributed by atoms with Gasteiger partial charge in [-0.15, -0.1) is 12.4 Å². The van der Waals surface area contributed by atoms with Crippen LogP contribution >= 0.6 is 20.0 Å². The molecule has 43 heavy (non-hydrogen) atoms. The summed E-state index contributed by atoms with van der Waals surface area (Å²) in [7, 11) is -4.34. The summed E-state index contributed by atoms with van der Waals surface area (Å²) in [5.41, 5.74) is 5.78. The fourth-order valence-corrected chi connectivity index (χ4v) is 5.05. The molecule has 0 spiro atoms. The van der Waals surface area contributed by atoms with Crippen LogP contribution in [0.4, 0.5) is 10.1 Å². The van der Waals surface area contributed by atoms with Gasteiger partial charge in [0.1, 0.15) is 11.3 Å². The first-order valence-corrected chi connectivity index (χ1v) is 15.2. The highest BCUT2D eigenvalue weighted by Gasteiger charge is 2.36. The number of anilines is 1. The minimum atomic E-state index is -4.34. The van der Waals surface area contributed by atoms with E-state index in [0.29, 0.717) is 29.8 Å². The number of hydrogen-bond acceptors (Lipinski definition) is 10. The number of aryl methyl sites for hydroxylation is 1. The molecule has 2 N–H and O–H groups in total. The number of rotatable bonds is 11. The van der Waals surface area contributed by atoms with Crippen LogP contribution < -0.4 is 11.2 Å². The van der Waals surface area contributed by atoms with Crippen molar-refractivity contribution >= 4 is 54.2 Å². The third-order valence-electron chi connectivity index (χ3n) is 6.15. The van der Waals surface area contributed by atoms with Crippen LogP contribution in [0.5, 0.6) is 0 Å². The SMILES string of the molecule is CCc1cc(F)c(N)c2nc(-c3ccc(P(=O)(OCOC(=O)C(C)(C)C)OCOC(=O)C(C)(C)C)o3)n(CC(C)C)c12.Cl. The Kier molecular flexibility index (Phi) is 11.6. The molecular formula is C29H42ClFN3O8P. The largest absolute Gasteiger partial charge is 0.445 e. The molecule has 0 unspecified atom stereocenters. The summed E-state index contributed by atoms with van der Waals surface area (Å²) in [5, 5.41) is 0. The first-order chi connectivity index (χ1) is 19.4. The van der Waals surface area contributed by atoms with Gasteiger partial charge >= 0.3 is 19.5 Å². The minimum Gasteiger partial charge on any atom is -0.445 e. The predicted octanol–water partition coefficient (Wildman–Crippen LogP) is 6.60. The van der Waals surface area contributed by atoms with Gasteiger partial charge in [0.25, 0.3) is 0 Å². The Bertz CT molecular complexity index is 1470. The van der Waals surface area contributed by atoms with Gasteiger partial charge in [-0.25, -0.2) is 9.37 Å². The number of carbonyl (C=O) groups is 2. The molecule has 0 aliphatic rings. The van der Waals surface area contributed by atoms with E-state index in [1.165, 1.54) is 18.2 Å². The number of nitrogen functional groups attached to an aromatic ring is 1. The van der Waals surface area contributed by atoms with E-state index in [2.05, 4.69) is 4.98 Å². The highest BCUT2D eigenvalue weighted by atomic mass is 35.5. The van der Waals surface area contributed by atoms with Crippen molar-refractivity contribution in [3.05, 3.63) is 29.6 Å². The number of halogens is 2. The summed E-state index contributed by atoms with van der Waals surface area (Å²) >= 11 is 0. The number of nitrogens with two attached hydrogens (primary N) is 1. The summed E-state index contributed by atoms with van der Waals surface area (Å²) in [4.78, 5) is 29.1. The molecule has 3 aromatic rings. The molecule has 11 nitrogen and oxygen atoms in total. The van der Waals surface area contributed by atoms with Gasteiger partial charge in [-0.1, -0.05) is 20.8 Å². The Morgan fingerprint density at radius 2 is 1.58 bits per heavy atom. The number of carbonyl (C=O) groups excluding carboxylic acids is 2. The van der Waals surface area contributed by atoms with E-state index in [1.807, 2.05) is 25.3 Å². The molecule has 1 aromatic carbocycles. The fourth-order valence-electron chi connectivity index (χ4n) is 3.87. The smallest absolute Gasteiger partial charge is 0.402 e. The molecule has 0 amide bonds. The van der Waals surface area contributed by atoms with Gasteiger partial charge in [-0.2, -0.15) is 0 Å². The van der Waals surface area contributed by atoms with E-state index >= 15 is 0 Å². The van der Waals surface area contributed by atoms with Crippen molar-refractivity contribution in [2.75, 3.05) is 19.3 Å². The summed E-state index contributed by atoms with van der Waals surface area (Å²) in [6, 6.07) is 4.30. The highest BCUT2D eigenvalue weighted by Crippen LogP contribution is 2.48. The van der Waals surface area contributed by atoms with E-state index in [-0.39, 0.29) is 35.3 Å². The third-order valence-corrected chi connectivity index (χ3v) is 7.82. The standard InChI is InChI=1S/C29H41FN3O8P.ClH/c1-10-18-13-19(30)22(31)23-24(18)33(14-17(2)3)25(32-23)20-11-12-21(41-20)42(36,39-15-37-26(34)28(4,5)6)40-16-38-27(35)29(7,8)9;/h11-13,17H,10,14-16,31H2,1-9H3;1H. The molecule has 0 aliphatic heterocycles. The number of fused-ring (bicyclic) bond motifs is 1. The van der Waals surface area contributed by atoms with Crippen LogP contribution in [0.3, 0.4) is 0 Å². The number of furan rings is 1. The average Bonchev–Trinajstić information content (AvgIpc) is 3.51. The topological polar surface area (TPSA) is 145 Å². The summed E-state index contributed by atoms with van der Waals surface area (Å²) in [5.74, 6) is -1.05. The molecule has 2 aromatic heterocycles. The molecule has 0 radical (unpaired) electrons. The molecule has 3 rings (SSSR count). The van der Waals surface area contributed by atoms with E-state index in [0.717, 1.165) is 5.56 Å². The quantitative estimate of drug-likeness (QED) is 0.105. The number of hydrogen-bond donors (Lipinski definition) is 1. The van der Waals surface area contributed by atoms with Crippen LogP contribution in [-0.2, 0) is 45.6 Å². The van der Waals surface area contributed by atoms with Gasteiger partial charge in [0.15, 0.2) is 11.6 Å². The van der Waals surface area contributed by atoms with Crippen LogP contribution in [0.1, 0.15) is 67.9 Å². The van der Waals surface area contributed by atoms with Gasteiger partial charge in [0, 0.05) is 6.54 Å². The lowest BCUT2D eigenvalue weighted by atomic mass is 9.98. The van der Waals surface area contributed by atoms with Crippen LogP contribution in [0.25, 0.3) is 22.6 Å². The van der Waals surface area contributed by atoms with Crippen molar-refractivity contribution in [2.24, 2.45) is 16.7 Å². The lowest BCUT2D eigenvalue weighted by molar-refractivity contribution is -0.161. The Morgan fingerprint density at radius 3 is 2.05 bits per heavy atom. The summed E-state index contributed by atoms with van der Waals surface area (Å²) < 4.78 is 57.5. The Hall–Kier alpha value is -2.92. The Balaban J connectivity index is 0.00000645. The lowest BCUT2D eigenvalue weighted by Crippen LogP contribution is -2.25. The maximum atomic E-state index is 14.6. The van der Waals surface area contributed by atoms with Crippen molar-refractivity contribution in [2.45, 2.75) is 75.3 Å². The average molecular weight is 646 g/mol. The van der Waals surface area contributed by atoms with E-state index in [1.54, 1.807) is 41.5 Å². The van der Waals surface area contributed by atoms with E-state index in [4.69, 9.17) is 28.7 Å². The van der Waals surface area contributed by atoms with Crippen LogP contribution in [-0.4, -0.2) is 35.1 Å². The zero-order valence-corrected chi connectivity index (χ0v) is 27.8. The van der Waals surface area contributed by atoms with Crippen LogP contribution in [0, 0.1) is 22.6 Å². The van der Waals surface area contributed by atoms with Crippen molar-refractivity contribution in [1.29, 1.82) is 0 Å². The second-order valence-corrected chi connectivity index (χ2v) is 14.4. The van der Waals surface area contributed by atoms with Crippen molar-refractivity contribution in [3.8, 4) is 11.6 Å². The Labute approximate surface area is 257 Å². The molecule has 14 heteroatoms. The normalized spacial score (nSPS) is 12.4. The van der Waals surface area contributed by atoms with Gasteiger partial charge in [0.2, 0.25) is 19.1 Å². The molecule has 0 saturated heterocycles. The number of aromatic nitrogens is 2. The lowest BCUT2D eigenvalue weighted by Gasteiger charge is -2.21. The molecular weight excluding hydrogens is 604 g/mol. The Morgan fingerprint density at radius 1 is 1.05 bits per heavy atom. The van der Waals surface area contributed by atoms with Crippen LogP contribution in [0.15, 0.2) is 22.6 Å². The second-order valence-electron chi connectivity index (χ2n) is 12.4. The minimum absolute atomic E-state index is 0. The molecule has 0 atom stereocenters. The molecule has 2 heterocycles.